The molecule has 152 valence electrons. The van der Waals surface area contributed by atoms with Crippen molar-refractivity contribution in [1.82, 2.24) is 20.0 Å². The van der Waals surface area contributed by atoms with E-state index in [1.807, 2.05) is 11.3 Å². The molecule has 0 spiro atoms. The lowest BCUT2D eigenvalue weighted by Gasteiger charge is -2.35. The van der Waals surface area contributed by atoms with Gasteiger partial charge in [0.05, 0.1) is 19.3 Å². The average molecular weight is 395 g/mol. The molecule has 3 rings (SSSR count). The van der Waals surface area contributed by atoms with Crippen molar-refractivity contribution in [2.45, 2.75) is 26.5 Å². The van der Waals surface area contributed by atoms with Crippen LogP contribution >= 0.6 is 11.3 Å². The molecule has 6 nitrogen and oxygen atoms in total. The Hall–Kier alpha value is -0.990. The van der Waals surface area contributed by atoms with E-state index in [1.165, 1.54) is 4.88 Å². The summed E-state index contributed by atoms with van der Waals surface area (Å²) in [5, 5.41) is 5.21. The van der Waals surface area contributed by atoms with Crippen LogP contribution in [-0.2, 0) is 16.1 Å². The van der Waals surface area contributed by atoms with E-state index in [2.05, 4.69) is 51.4 Å². The van der Waals surface area contributed by atoms with Gasteiger partial charge in [0.25, 0.3) is 0 Å². The third kappa shape index (κ3) is 7.16. The second kappa shape index (κ2) is 10.5. The maximum atomic E-state index is 12.3. The number of ether oxygens (including phenoxy) is 1. The monoisotopic (exact) mass is 394 g/mol. The van der Waals surface area contributed by atoms with Crippen molar-refractivity contribution >= 4 is 17.2 Å². The van der Waals surface area contributed by atoms with Gasteiger partial charge < -0.3 is 10.1 Å². The number of carbonyl (C=O) groups excluding carboxylic acids is 1. The van der Waals surface area contributed by atoms with Gasteiger partial charge in [0.1, 0.15) is 0 Å². The van der Waals surface area contributed by atoms with Gasteiger partial charge in [0.15, 0.2) is 0 Å². The van der Waals surface area contributed by atoms with Crippen LogP contribution in [0.1, 0.15) is 18.7 Å². The number of hydrogen-bond donors (Lipinski definition) is 1. The Kier molecular flexibility index (Phi) is 8.08. The average Bonchev–Trinajstić information content (AvgIpc) is 3.14. The number of amides is 1. The van der Waals surface area contributed by atoms with Crippen LogP contribution in [0, 0.1) is 5.92 Å². The van der Waals surface area contributed by atoms with Gasteiger partial charge in [0.2, 0.25) is 5.91 Å². The van der Waals surface area contributed by atoms with E-state index in [4.69, 9.17) is 4.74 Å². The zero-order valence-corrected chi connectivity index (χ0v) is 17.5. The lowest BCUT2D eigenvalue weighted by molar-refractivity contribution is -0.124. The fourth-order valence-corrected chi connectivity index (χ4v) is 4.55. The molecule has 27 heavy (non-hydrogen) atoms. The first-order valence-corrected chi connectivity index (χ1v) is 11.0. The summed E-state index contributed by atoms with van der Waals surface area (Å²) in [5.74, 6) is 0.781. The second-order valence-electron chi connectivity index (χ2n) is 8.08. The highest BCUT2D eigenvalue weighted by molar-refractivity contribution is 7.09. The molecule has 0 bridgehead atoms. The summed E-state index contributed by atoms with van der Waals surface area (Å²) in [6.45, 7) is 14.4. The first-order valence-electron chi connectivity index (χ1n) is 10.2. The molecule has 2 aliphatic heterocycles. The van der Waals surface area contributed by atoms with Crippen molar-refractivity contribution in [3.8, 4) is 0 Å². The highest BCUT2D eigenvalue weighted by atomic mass is 32.1. The standard InChI is InChI=1S/C20H34N4O2S/c1-17(2)13-24-9-10-26-18(14-24)12-21-20(25)16-23-7-5-22(6-8-23)15-19-4-3-11-27-19/h3-4,11,17-18H,5-10,12-16H2,1-2H3,(H,21,25). The third-order valence-corrected chi connectivity index (χ3v) is 6.03. The summed E-state index contributed by atoms with van der Waals surface area (Å²) >= 11 is 1.82. The zero-order valence-electron chi connectivity index (χ0n) is 16.7. The van der Waals surface area contributed by atoms with Crippen molar-refractivity contribution in [3.63, 3.8) is 0 Å². The number of carbonyl (C=O) groups is 1. The largest absolute Gasteiger partial charge is 0.374 e. The molecule has 2 saturated heterocycles. The third-order valence-electron chi connectivity index (χ3n) is 5.16. The molecule has 1 amide bonds. The molecule has 0 aliphatic carbocycles. The van der Waals surface area contributed by atoms with Crippen LogP contribution in [0.15, 0.2) is 17.5 Å². The predicted molar refractivity (Wildman–Crippen MR) is 110 cm³/mol. The molecule has 2 fully saturated rings. The normalized spacial score (nSPS) is 23.0. The van der Waals surface area contributed by atoms with Gasteiger partial charge >= 0.3 is 0 Å². The van der Waals surface area contributed by atoms with Crippen LogP contribution in [0.4, 0.5) is 0 Å². The quantitative estimate of drug-likeness (QED) is 0.721. The van der Waals surface area contributed by atoms with Crippen molar-refractivity contribution in [3.05, 3.63) is 22.4 Å². The number of nitrogens with zero attached hydrogens (tertiary/aromatic N) is 3. The Morgan fingerprint density at radius 3 is 2.70 bits per heavy atom. The van der Waals surface area contributed by atoms with Crippen LogP contribution < -0.4 is 5.32 Å². The molecule has 0 saturated carbocycles. The fourth-order valence-electron chi connectivity index (χ4n) is 3.80. The maximum absolute atomic E-state index is 12.3. The highest BCUT2D eigenvalue weighted by Crippen LogP contribution is 2.13. The predicted octanol–water partition coefficient (Wildman–Crippen LogP) is 1.34. The topological polar surface area (TPSA) is 48.1 Å². The lowest BCUT2D eigenvalue weighted by Crippen LogP contribution is -2.51. The number of morpholine rings is 1. The molecular formula is C20H34N4O2S. The van der Waals surface area contributed by atoms with E-state index < -0.39 is 0 Å². The van der Waals surface area contributed by atoms with Gasteiger partial charge in [-0.1, -0.05) is 19.9 Å². The van der Waals surface area contributed by atoms with Gasteiger partial charge in [-0.05, 0) is 17.4 Å². The van der Waals surface area contributed by atoms with Gasteiger partial charge in [-0.25, -0.2) is 0 Å². The van der Waals surface area contributed by atoms with Crippen LogP contribution in [-0.4, -0.2) is 92.2 Å². The Morgan fingerprint density at radius 2 is 2.00 bits per heavy atom. The number of rotatable bonds is 8. The number of nitrogens with one attached hydrogen (secondary N) is 1. The summed E-state index contributed by atoms with van der Waals surface area (Å²) < 4.78 is 5.82. The minimum absolute atomic E-state index is 0.115. The molecule has 1 N–H and O–H groups in total. The lowest BCUT2D eigenvalue weighted by atomic mass is 10.2. The molecular weight excluding hydrogens is 360 g/mol. The Bertz CT molecular complexity index is 558. The summed E-state index contributed by atoms with van der Waals surface area (Å²) in [6.07, 6.45) is 0.115. The van der Waals surface area contributed by atoms with Crippen molar-refractivity contribution < 1.29 is 9.53 Å². The van der Waals surface area contributed by atoms with Crippen molar-refractivity contribution in [1.29, 1.82) is 0 Å². The van der Waals surface area contributed by atoms with Gasteiger partial charge in [-0.3, -0.25) is 19.5 Å². The van der Waals surface area contributed by atoms with E-state index in [0.29, 0.717) is 19.0 Å². The Labute approximate surface area is 167 Å². The summed E-state index contributed by atoms with van der Waals surface area (Å²) in [7, 11) is 0. The minimum Gasteiger partial charge on any atom is -0.374 e. The molecule has 1 aromatic rings. The van der Waals surface area contributed by atoms with Gasteiger partial charge in [-0.2, -0.15) is 0 Å². The van der Waals surface area contributed by atoms with Crippen LogP contribution in [0.25, 0.3) is 0 Å². The van der Waals surface area contributed by atoms with Crippen molar-refractivity contribution in [2.75, 3.05) is 65.5 Å². The molecule has 1 atom stereocenters. The number of hydrogen-bond acceptors (Lipinski definition) is 6. The van der Waals surface area contributed by atoms with Crippen LogP contribution in [0.2, 0.25) is 0 Å². The second-order valence-corrected chi connectivity index (χ2v) is 9.11. The van der Waals surface area contributed by atoms with Crippen molar-refractivity contribution in [2.24, 2.45) is 5.92 Å². The fraction of sp³-hybridized carbons (Fsp3) is 0.750. The zero-order chi connectivity index (χ0) is 19.1. The first kappa shape index (κ1) is 20.7. The Balaban J connectivity index is 1.30. The molecule has 3 heterocycles. The Morgan fingerprint density at radius 1 is 1.22 bits per heavy atom. The van der Waals surface area contributed by atoms with E-state index in [9.17, 15) is 4.79 Å². The smallest absolute Gasteiger partial charge is 0.234 e. The summed E-state index contributed by atoms with van der Waals surface area (Å²) in [4.78, 5) is 20.9. The number of thiophene rings is 1. The summed E-state index contributed by atoms with van der Waals surface area (Å²) in [6, 6.07) is 4.30. The van der Waals surface area contributed by atoms with Crippen LogP contribution in [0.3, 0.4) is 0 Å². The van der Waals surface area contributed by atoms with E-state index in [0.717, 1.165) is 59.0 Å². The number of piperazine rings is 1. The van der Waals surface area contributed by atoms with E-state index in [1.54, 1.807) is 0 Å². The maximum Gasteiger partial charge on any atom is 0.234 e. The van der Waals surface area contributed by atoms with E-state index >= 15 is 0 Å². The molecule has 0 aromatic carbocycles. The van der Waals surface area contributed by atoms with E-state index in [-0.39, 0.29) is 12.0 Å². The molecule has 1 aromatic heterocycles. The van der Waals surface area contributed by atoms with Gasteiger partial charge in [0, 0.05) is 63.8 Å². The first-order chi connectivity index (χ1) is 13.1. The SMILES string of the molecule is CC(C)CN1CCOC(CNC(=O)CN2CCN(Cc3cccs3)CC2)C1. The summed E-state index contributed by atoms with van der Waals surface area (Å²) in [5.41, 5.74) is 0. The molecule has 1 unspecified atom stereocenters. The molecule has 0 radical (unpaired) electrons. The van der Waals surface area contributed by atoms with Gasteiger partial charge in [-0.15, -0.1) is 11.3 Å². The molecule has 2 aliphatic rings. The highest BCUT2D eigenvalue weighted by Gasteiger charge is 2.23. The molecule has 7 heteroatoms. The van der Waals surface area contributed by atoms with Crippen LogP contribution in [0.5, 0.6) is 0 Å². The minimum atomic E-state index is 0.115.